The third kappa shape index (κ3) is 7.63. The fourth-order valence-corrected chi connectivity index (χ4v) is 3.38. The van der Waals surface area contributed by atoms with E-state index in [0.717, 1.165) is 43.9 Å². The zero-order valence-electron chi connectivity index (χ0n) is 13.4. The summed E-state index contributed by atoms with van der Waals surface area (Å²) in [7, 11) is -3.43. The van der Waals surface area contributed by atoms with Crippen molar-refractivity contribution in [3.8, 4) is 0 Å². The summed E-state index contributed by atoms with van der Waals surface area (Å²) in [5.74, 6) is 0.296. The Morgan fingerprint density at radius 3 is 2.24 bits per heavy atom. The molecule has 120 valence electrons. The molecule has 1 aromatic carbocycles. The summed E-state index contributed by atoms with van der Waals surface area (Å²) in [6.07, 6.45) is 6.86. The number of unbranched alkanes of at least 4 members (excludes halogenated alkanes) is 1. The number of rotatable bonds is 10. The summed E-state index contributed by atoms with van der Waals surface area (Å²) in [4.78, 5) is 0. The molecule has 21 heavy (non-hydrogen) atoms. The molecule has 3 nitrogen and oxygen atoms in total. The summed E-state index contributed by atoms with van der Waals surface area (Å²) in [6.45, 7) is 4.30. The van der Waals surface area contributed by atoms with Crippen molar-refractivity contribution in [2.45, 2.75) is 58.5 Å². The molecule has 0 heterocycles. The van der Waals surface area contributed by atoms with E-state index >= 15 is 0 Å². The third-order valence-electron chi connectivity index (χ3n) is 3.69. The van der Waals surface area contributed by atoms with Crippen LogP contribution in [0.15, 0.2) is 30.3 Å². The topological polar surface area (TPSA) is 43.4 Å². The Balaban J connectivity index is 2.87. The Morgan fingerprint density at radius 1 is 1.05 bits per heavy atom. The maximum Gasteiger partial charge on any atom is 0.264 e. The molecule has 0 radical (unpaired) electrons. The van der Waals surface area contributed by atoms with Gasteiger partial charge in [-0.2, -0.15) is 8.42 Å². The molecule has 0 fully saturated rings. The first-order chi connectivity index (χ1) is 9.96. The average molecular weight is 312 g/mol. The van der Waals surface area contributed by atoms with E-state index in [-0.39, 0.29) is 6.10 Å². The monoisotopic (exact) mass is 312 g/mol. The lowest BCUT2D eigenvalue weighted by Gasteiger charge is -2.26. The number of benzene rings is 1. The van der Waals surface area contributed by atoms with Gasteiger partial charge in [-0.3, -0.25) is 4.18 Å². The molecule has 1 aromatic rings. The normalized spacial score (nSPS) is 14.8. The first kappa shape index (κ1) is 18.2. The van der Waals surface area contributed by atoms with Crippen LogP contribution in [0, 0.1) is 5.92 Å². The minimum absolute atomic E-state index is 0.256. The van der Waals surface area contributed by atoms with Gasteiger partial charge in [0.25, 0.3) is 10.1 Å². The maximum atomic E-state index is 11.6. The second-order valence-electron chi connectivity index (χ2n) is 5.72. The van der Waals surface area contributed by atoms with Gasteiger partial charge in [-0.1, -0.05) is 63.4 Å². The molecule has 0 amide bonds. The van der Waals surface area contributed by atoms with Gasteiger partial charge in [0, 0.05) is 6.42 Å². The summed E-state index contributed by atoms with van der Waals surface area (Å²) in [5.41, 5.74) is 1.13. The Kier molecular flexibility index (Phi) is 7.97. The summed E-state index contributed by atoms with van der Waals surface area (Å²) >= 11 is 0. The van der Waals surface area contributed by atoms with Crippen LogP contribution in [0.5, 0.6) is 0 Å². The van der Waals surface area contributed by atoms with Crippen LogP contribution in [0.4, 0.5) is 0 Å². The largest absolute Gasteiger partial charge is 0.266 e. The predicted octanol–water partition coefficient (Wildman–Crippen LogP) is 4.18. The first-order valence-corrected chi connectivity index (χ1v) is 9.70. The van der Waals surface area contributed by atoms with Gasteiger partial charge in [0.15, 0.2) is 0 Å². The van der Waals surface area contributed by atoms with E-state index in [9.17, 15) is 8.42 Å². The quantitative estimate of drug-likeness (QED) is 0.609. The van der Waals surface area contributed by atoms with Crippen molar-refractivity contribution in [2.24, 2.45) is 5.92 Å². The van der Waals surface area contributed by atoms with Gasteiger partial charge < -0.3 is 0 Å². The van der Waals surface area contributed by atoms with Crippen molar-refractivity contribution < 1.29 is 12.6 Å². The molecule has 0 aliphatic heterocycles. The fourth-order valence-electron chi connectivity index (χ4n) is 2.70. The molecule has 0 saturated carbocycles. The highest BCUT2D eigenvalue weighted by Gasteiger charge is 2.25. The van der Waals surface area contributed by atoms with Crippen molar-refractivity contribution in [1.82, 2.24) is 0 Å². The average Bonchev–Trinajstić information content (AvgIpc) is 2.42. The lowest BCUT2D eigenvalue weighted by molar-refractivity contribution is 0.127. The van der Waals surface area contributed by atoms with Gasteiger partial charge in [-0.05, 0) is 24.3 Å². The second-order valence-corrected chi connectivity index (χ2v) is 7.32. The standard InChI is InChI=1S/C17H28O3S/c1-4-6-13-16(10-5-2)17(20-21(3,18)19)14-15-11-8-7-9-12-15/h7-9,11-12,16-17H,4-6,10,13-14H2,1-3H3. The smallest absolute Gasteiger partial charge is 0.264 e. The molecule has 0 saturated heterocycles. The molecule has 2 unspecified atom stereocenters. The van der Waals surface area contributed by atoms with Gasteiger partial charge in [0.1, 0.15) is 0 Å². The Labute approximate surface area is 129 Å². The molecule has 2 atom stereocenters. The van der Waals surface area contributed by atoms with E-state index in [1.54, 1.807) is 0 Å². The van der Waals surface area contributed by atoms with E-state index in [2.05, 4.69) is 13.8 Å². The molecule has 0 aromatic heterocycles. The zero-order chi connectivity index (χ0) is 15.7. The minimum Gasteiger partial charge on any atom is -0.266 e. The van der Waals surface area contributed by atoms with E-state index in [1.807, 2.05) is 30.3 Å². The van der Waals surface area contributed by atoms with Crippen LogP contribution < -0.4 is 0 Å². The number of hydrogen-bond acceptors (Lipinski definition) is 3. The van der Waals surface area contributed by atoms with Crippen molar-refractivity contribution in [1.29, 1.82) is 0 Å². The lowest BCUT2D eigenvalue weighted by Crippen LogP contribution is -2.29. The van der Waals surface area contributed by atoms with Crippen molar-refractivity contribution in [3.05, 3.63) is 35.9 Å². The van der Waals surface area contributed by atoms with Crippen LogP contribution in [0.25, 0.3) is 0 Å². The van der Waals surface area contributed by atoms with Crippen LogP contribution >= 0.6 is 0 Å². The van der Waals surface area contributed by atoms with Gasteiger partial charge in [-0.15, -0.1) is 0 Å². The summed E-state index contributed by atoms with van der Waals surface area (Å²) in [5, 5.41) is 0. The SMILES string of the molecule is CCCCC(CCC)C(Cc1ccccc1)OS(C)(=O)=O. The minimum atomic E-state index is -3.43. The molecule has 0 spiro atoms. The lowest BCUT2D eigenvalue weighted by atomic mass is 9.88. The Morgan fingerprint density at radius 2 is 1.71 bits per heavy atom. The van der Waals surface area contributed by atoms with E-state index < -0.39 is 10.1 Å². The molecule has 0 aliphatic carbocycles. The fraction of sp³-hybridized carbons (Fsp3) is 0.647. The van der Waals surface area contributed by atoms with Crippen molar-refractivity contribution in [3.63, 3.8) is 0 Å². The predicted molar refractivity (Wildman–Crippen MR) is 87.8 cm³/mol. The van der Waals surface area contributed by atoms with Gasteiger partial charge in [0.2, 0.25) is 0 Å². The summed E-state index contributed by atoms with van der Waals surface area (Å²) in [6, 6.07) is 9.99. The zero-order valence-corrected chi connectivity index (χ0v) is 14.2. The van der Waals surface area contributed by atoms with Crippen molar-refractivity contribution >= 4 is 10.1 Å². The van der Waals surface area contributed by atoms with E-state index in [1.165, 1.54) is 0 Å². The molecule has 1 rings (SSSR count). The van der Waals surface area contributed by atoms with Crippen LogP contribution in [0.1, 0.15) is 51.5 Å². The Hall–Kier alpha value is -0.870. The maximum absolute atomic E-state index is 11.6. The first-order valence-electron chi connectivity index (χ1n) is 7.88. The molecule has 4 heteroatoms. The Bertz CT molecular complexity index is 482. The van der Waals surface area contributed by atoms with Gasteiger partial charge in [0.05, 0.1) is 12.4 Å². The molecular weight excluding hydrogens is 284 g/mol. The second kappa shape index (κ2) is 9.21. The number of hydrogen-bond donors (Lipinski definition) is 0. The summed E-state index contributed by atoms with van der Waals surface area (Å²) < 4.78 is 28.6. The third-order valence-corrected chi connectivity index (χ3v) is 4.29. The van der Waals surface area contributed by atoms with E-state index in [4.69, 9.17) is 4.18 Å². The van der Waals surface area contributed by atoms with Crippen molar-refractivity contribution in [2.75, 3.05) is 6.26 Å². The van der Waals surface area contributed by atoms with Crippen LogP contribution in [-0.4, -0.2) is 20.8 Å². The molecular formula is C17H28O3S. The highest BCUT2D eigenvalue weighted by molar-refractivity contribution is 7.86. The highest BCUT2D eigenvalue weighted by atomic mass is 32.2. The van der Waals surface area contributed by atoms with Crippen LogP contribution in [-0.2, 0) is 20.7 Å². The van der Waals surface area contributed by atoms with E-state index in [0.29, 0.717) is 12.3 Å². The molecule has 0 bridgehead atoms. The highest BCUT2D eigenvalue weighted by Crippen LogP contribution is 2.25. The van der Waals surface area contributed by atoms with Crippen LogP contribution in [0.2, 0.25) is 0 Å². The van der Waals surface area contributed by atoms with Crippen LogP contribution in [0.3, 0.4) is 0 Å². The molecule has 0 aliphatic rings. The molecule has 0 N–H and O–H groups in total. The van der Waals surface area contributed by atoms with Gasteiger partial charge in [-0.25, -0.2) is 0 Å². The van der Waals surface area contributed by atoms with Gasteiger partial charge >= 0.3 is 0 Å².